The fourth-order valence-electron chi connectivity index (χ4n) is 1.44. The molecule has 0 N–H and O–H groups in total. The monoisotopic (exact) mass is 305 g/mol. The van der Waals surface area contributed by atoms with Crippen LogP contribution in [0.5, 0.6) is 0 Å². The zero-order chi connectivity index (χ0) is 11.8. The van der Waals surface area contributed by atoms with Gasteiger partial charge in [0.1, 0.15) is 5.82 Å². The molecular weight excluding hydrogens is 286 g/mol. The van der Waals surface area contributed by atoms with E-state index in [1.807, 2.05) is 0 Å². The van der Waals surface area contributed by atoms with Crippen LogP contribution >= 0.6 is 27.5 Å². The van der Waals surface area contributed by atoms with Crippen molar-refractivity contribution in [2.24, 2.45) is 0 Å². The first-order valence-corrected chi connectivity index (χ1v) is 7.77. The van der Waals surface area contributed by atoms with Crippen LogP contribution < -0.4 is 4.90 Å². The number of hydrogen-bond donors (Lipinski definition) is 0. The van der Waals surface area contributed by atoms with E-state index in [-0.39, 0.29) is 0 Å². The molecule has 0 saturated heterocycles. The lowest BCUT2D eigenvalue weighted by Gasteiger charge is -2.14. The maximum Gasteiger partial charge on any atom is 0.204 e. The number of aryl methyl sites for hydroxylation is 1. The van der Waals surface area contributed by atoms with E-state index in [1.165, 1.54) is 30.8 Å². The standard InChI is InChI=1S/C11H20BrN3S/c1-3-7-10-13-11(16-14-10)15(2)9-6-4-5-8-12/h3-9H2,1-2H3. The Morgan fingerprint density at radius 2 is 2.12 bits per heavy atom. The van der Waals surface area contributed by atoms with Crippen LogP contribution in [0, 0.1) is 0 Å². The lowest BCUT2D eigenvalue weighted by Crippen LogP contribution is -2.18. The number of hydrogen-bond acceptors (Lipinski definition) is 4. The third kappa shape index (κ3) is 4.78. The van der Waals surface area contributed by atoms with Crippen LogP contribution in [0.4, 0.5) is 5.13 Å². The van der Waals surface area contributed by atoms with Gasteiger partial charge in [0, 0.05) is 36.9 Å². The summed E-state index contributed by atoms with van der Waals surface area (Å²) in [6, 6.07) is 0. The zero-order valence-corrected chi connectivity index (χ0v) is 12.5. The van der Waals surface area contributed by atoms with Gasteiger partial charge in [0.15, 0.2) is 0 Å². The number of alkyl halides is 1. The first-order valence-electron chi connectivity index (χ1n) is 5.87. The molecule has 5 heteroatoms. The normalized spacial score (nSPS) is 10.7. The molecule has 1 aromatic rings. The first kappa shape index (κ1) is 13.9. The average Bonchev–Trinajstić information content (AvgIpc) is 2.73. The molecular formula is C11H20BrN3S. The largest absolute Gasteiger partial charge is 0.350 e. The molecule has 0 unspecified atom stereocenters. The van der Waals surface area contributed by atoms with E-state index in [4.69, 9.17) is 0 Å². The highest BCUT2D eigenvalue weighted by Crippen LogP contribution is 2.17. The van der Waals surface area contributed by atoms with Crippen molar-refractivity contribution in [2.45, 2.75) is 39.0 Å². The lowest BCUT2D eigenvalue weighted by molar-refractivity contribution is 0.709. The van der Waals surface area contributed by atoms with Crippen molar-refractivity contribution in [2.75, 3.05) is 23.8 Å². The number of aromatic nitrogens is 2. The van der Waals surface area contributed by atoms with E-state index in [2.05, 4.69) is 44.2 Å². The van der Waals surface area contributed by atoms with Gasteiger partial charge < -0.3 is 4.90 Å². The van der Waals surface area contributed by atoms with Crippen molar-refractivity contribution in [3.05, 3.63) is 5.82 Å². The highest BCUT2D eigenvalue weighted by Gasteiger charge is 2.07. The summed E-state index contributed by atoms with van der Waals surface area (Å²) in [7, 11) is 2.10. The van der Waals surface area contributed by atoms with Gasteiger partial charge in [0.05, 0.1) is 0 Å². The molecule has 0 bridgehead atoms. The summed E-state index contributed by atoms with van der Waals surface area (Å²) in [5, 5.41) is 2.16. The molecule has 0 aliphatic rings. The van der Waals surface area contributed by atoms with Gasteiger partial charge >= 0.3 is 0 Å². The van der Waals surface area contributed by atoms with Crippen molar-refractivity contribution < 1.29 is 0 Å². The fourth-order valence-corrected chi connectivity index (χ4v) is 2.53. The quantitative estimate of drug-likeness (QED) is 0.544. The first-order chi connectivity index (χ1) is 7.77. The second kappa shape index (κ2) is 8.01. The van der Waals surface area contributed by atoms with E-state index in [0.717, 1.165) is 35.7 Å². The topological polar surface area (TPSA) is 29.0 Å². The molecule has 0 fully saturated rings. The smallest absolute Gasteiger partial charge is 0.204 e. The molecule has 0 radical (unpaired) electrons. The van der Waals surface area contributed by atoms with Gasteiger partial charge in [0.25, 0.3) is 0 Å². The second-order valence-corrected chi connectivity index (χ2v) is 5.44. The third-order valence-corrected chi connectivity index (χ3v) is 3.81. The summed E-state index contributed by atoms with van der Waals surface area (Å²) in [5.41, 5.74) is 0. The van der Waals surface area contributed by atoms with E-state index in [9.17, 15) is 0 Å². The number of halogens is 1. The lowest BCUT2D eigenvalue weighted by atomic mass is 10.2. The molecule has 16 heavy (non-hydrogen) atoms. The van der Waals surface area contributed by atoms with Crippen LogP contribution in [0.1, 0.15) is 38.4 Å². The third-order valence-electron chi connectivity index (χ3n) is 2.38. The molecule has 0 atom stereocenters. The van der Waals surface area contributed by atoms with Gasteiger partial charge in [-0.25, -0.2) is 4.98 Å². The summed E-state index contributed by atoms with van der Waals surface area (Å²) < 4.78 is 4.35. The van der Waals surface area contributed by atoms with Crippen molar-refractivity contribution in [3.63, 3.8) is 0 Å². The maximum atomic E-state index is 4.52. The van der Waals surface area contributed by atoms with Crippen molar-refractivity contribution in [1.82, 2.24) is 9.36 Å². The predicted molar refractivity (Wildman–Crippen MR) is 74.8 cm³/mol. The van der Waals surface area contributed by atoms with Crippen LogP contribution in [0.15, 0.2) is 0 Å². The zero-order valence-electron chi connectivity index (χ0n) is 10.1. The molecule has 3 nitrogen and oxygen atoms in total. The highest BCUT2D eigenvalue weighted by molar-refractivity contribution is 9.09. The van der Waals surface area contributed by atoms with E-state index >= 15 is 0 Å². The van der Waals surface area contributed by atoms with Gasteiger partial charge in [-0.05, 0) is 19.3 Å². The Hall–Kier alpha value is -0.160. The molecule has 0 saturated carbocycles. The molecule has 0 aliphatic heterocycles. The Balaban J connectivity index is 2.31. The number of unbranched alkanes of at least 4 members (excludes halogenated alkanes) is 2. The minimum Gasteiger partial charge on any atom is -0.350 e. The Morgan fingerprint density at radius 1 is 1.31 bits per heavy atom. The predicted octanol–water partition coefficient (Wildman–Crippen LogP) is 3.49. The number of anilines is 1. The summed E-state index contributed by atoms with van der Waals surface area (Å²) >= 11 is 4.97. The summed E-state index contributed by atoms with van der Waals surface area (Å²) in [6.07, 6.45) is 5.87. The Morgan fingerprint density at radius 3 is 2.81 bits per heavy atom. The van der Waals surface area contributed by atoms with E-state index in [1.54, 1.807) is 0 Å². The van der Waals surface area contributed by atoms with Gasteiger partial charge in [0.2, 0.25) is 5.13 Å². The van der Waals surface area contributed by atoms with Gasteiger partial charge in [-0.15, -0.1) is 0 Å². The fraction of sp³-hybridized carbons (Fsp3) is 0.818. The number of nitrogens with zero attached hydrogens (tertiary/aromatic N) is 3. The summed E-state index contributed by atoms with van der Waals surface area (Å²) in [6.45, 7) is 3.23. The summed E-state index contributed by atoms with van der Waals surface area (Å²) in [4.78, 5) is 6.74. The summed E-state index contributed by atoms with van der Waals surface area (Å²) in [5.74, 6) is 0.995. The Labute approximate surface area is 111 Å². The molecule has 1 heterocycles. The van der Waals surface area contributed by atoms with Gasteiger partial charge in [-0.2, -0.15) is 4.37 Å². The van der Waals surface area contributed by atoms with Crippen LogP contribution in [0.25, 0.3) is 0 Å². The second-order valence-electron chi connectivity index (χ2n) is 3.91. The Kier molecular flexibility index (Phi) is 6.96. The van der Waals surface area contributed by atoms with Gasteiger partial charge in [-0.3, -0.25) is 0 Å². The number of rotatable bonds is 8. The molecule has 0 aliphatic carbocycles. The molecule has 0 spiro atoms. The van der Waals surface area contributed by atoms with Crippen molar-refractivity contribution >= 4 is 32.6 Å². The van der Waals surface area contributed by atoms with Crippen molar-refractivity contribution in [3.8, 4) is 0 Å². The minimum atomic E-state index is 0.994. The van der Waals surface area contributed by atoms with Crippen LogP contribution in [0.2, 0.25) is 0 Å². The van der Waals surface area contributed by atoms with Crippen molar-refractivity contribution in [1.29, 1.82) is 0 Å². The molecule has 92 valence electrons. The van der Waals surface area contributed by atoms with Crippen LogP contribution in [0.3, 0.4) is 0 Å². The average molecular weight is 306 g/mol. The minimum absolute atomic E-state index is 0.994. The van der Waals surface area contributed by atoms with Crippen LogP contribution in [-0.4, -0.2) is 28.3 Å². The van der Waals surface area contributed by atoms with E-state index < -0.39 is 0 Å². The highest BCUT2D eigenvalue weighted by atomic mass is 79.9. The molecule has 1 aromatic heterocycles. The molecule has 0 amide bonds. The van der Waals surface area contributed by atoms with Gasteiger partial charge in [-0.1, -0.05) is 29.3 Å². The Bertz CT molecular complexity index is 291. The molecule has 0 aromatic carbocycles. The van der Waals surface area contributed by atoms with E-state index in [0.29, 0.717) is 0 Å². The molecule has 1 rings (SSSR count). The van der Waals surface area contributed by atoms with Crippen LogP contribution in [-0.2, 0) is 6.42 Å². The SMILES string of the molecule is CCCc1nsc(N(C)CCCCCBr)n1. The maximum absolute atomic E-state index is 4.52.